The number of nitro benzene ring substituents is 1. The molecule has 0 saturated carbocycles. The Bertz CT molecular complexity index is 1050. The Balaban J connectivity index is 1.69. The number of anilines is 1. The molecule has 1 fully saturated rings. The number of nitro groups is 1. The SMILES string of the molecule is CCOc1ccccc1-c1noc(-c2ccc(N3CCCCC3C)c([N+](=O)[O-])c2)n1. The second-order valence-electron chi connectivity index (χ2n) is 7.35. The van der Waals surface area contributed by atoms with Crippen molar-refractivity contribution in [1.29, 1.82) is 0 Å². The lowest BCUT2D eigenvalue weighted by Crippen LogP contribution is -2.37. The first kappa shape index (κ1) is 19.9. The highest BCUT2D eigenvalue weighted by molar-refractivity contribution is 5.72. The topological polar surface area (TPSA) is 94.5 Å². The monoisotopic (exact) mass is 408 g/mol. The minimum absolute atomic E-state index is 0.0516. The third-order valence-electron chi connectivity index (χ3n) is 5.39. The fourth-order valence-electron chi connectivity index (χ4n) is 3.88. The summed E-state index contributed by atoms with van der Waals surface area (Å²) in [5.74, 6) is 1.27. The quantitative estimate of drug-likeness (QED) is 0.414. The summed E-state index contributed by atoms with van der Waals surface area (Å²) in [4.78, 5) is 18.0. The van der Waals surface area contributed by atoms with Crippen molar-refractivity contribution < 1.29 is 14.2 Å². The van der Waals surface area contributed by atoms with Crippen LogP contribution in [0.4, 0.5) is 11.4 Å². The molecule has 1 aliphatic rings. The molecule has 1 saturated heterocycles. The summed E-state index contributed by atoms with van der Waals surface area (Å²) in [6.07, 6.45) is 3.22. The van der Waals surface area contributed by atoms with Gasteiger partial charge in [0.2, 0.25) is 5.82 Å². The molecule has 2 heterocycles. The first-order chi connectivity index (χ1) is 14.6. The van der Waals surface area contributed by atoms with E-state index in [1.165, 1.54) is 6.07 Å². The van der Waals surface area contributed by atoms with Crippen molar-refractivity contribution >= 4 is 11.4 Å². The molecule has 8 nitrogen and oxygen atoms in total. The van der Waals surface area contributed by atoms with Crippen LogP contribution in [0, 0.1) is 10.1 Å². The molecule has 1 atom stereocenters. The highest BCUT2D eigenvalue weighted by atomic mass is 16.6. The molecule has 0 bridgehead atoms. The summed E-state index contributed by atoms with van der Waals surface area (Å²) in [6, 6.07) is 12.8. The van der Waals surface area contributed by atoms with Crippen LogP contribution in [-0.4, -0.2) is 34.3 Å². The summed E-state index contributed by atoms with van der Waals surface area (Å²) in [7, 11) is 0. The minimum Gasteiger partial charge on any atom is -0.493 e. The maximum Gasteiger partial charge on any atom is 0.293 e. The molecule has 0 radical (unpaired) electrons. The number of hydrogen-bond acceptors (Lipinski definition) is 7. The van der Waals surface area contributed by atoms with Crippen molar-refractivity contribution in [3.63, 3.8) is 0 Å². The number of benzene rings is 2. The van der Waals surface area contributed by atoms with E-state index < -0.39 is 0 Å². The summed E-state index contributed by atoms with van der Waals surface area (Å²) in [5.41, 5.74) is 1.92. The first-order valence-corrected chi connectivity index (χ1v) is 10.2. The second kappa shape index (κ2) is 8.52. The van der Waals surface area contributed by atoms with Gasteiger partial charge in [0.15, 0.2) is 0 Å². The molecule has 1 unspecified atom stereocenters. The van der Waals surface area contributed by atoms with Gasteiger partial charge in [0, 0.05) is 24.2 Å². The fraction of sp³-hybridized carbons (Fsp3) is 0.364. The molecule has 156 valence electrons. The van der Waals surface area contributed by atoms with Crippen LogP contribution in [0.3, 0.4) is 0 Å². The molecule has 0 aliphatic carbocycles. The average Bonchev–Trinajstić information content (AvgIpc) is 3.24. The van der Waals surface area contributed by atoms with Crippen molar-refractivity contribution in [2.45, 2.75) is 39.2 Å². The van der Waals surface area contributed by atoms with Crippen LogP contribution in [0.25, 0.3) is 22.8 Å². The predicted octanol–water partition coefficient (Wildman–Crippen LogP) is 5.09. The number of piperidine rings is 1. The first-order valence-electron chi connectivity index (χ1n) is 10.2. The van der Waals surface area contributed by atoms with Gasteiger partial charge in [-0.25, -0.2) is 0 Å². The largest absolute Gasteiger partial charge is 0.493 e. The van der Waals surface area contributed by atoms with Gasteiger partial charge in [-0.05, 0) is 57.4 Å². The number of aromatic nitrogens is 2. The number of ether oxygens (including phenoxy) is 1. The van der Waals surface area contributed by atoms with Gasteiger partial charge in [-0.2, -0.15) is 4.98 Å². The Morgan fingerprint density at radius 2 is 2.10 bits per heavy atom. The molecule has 0 N–H and O–H groups in total. The molecule has 8 heteroatoms. The Kier molecular flexibility index (Phi) is 5.65. The summed E-state index contributed by atoms with van der Waals surface area (Å²) in [6.45, 7) is 5.35. The third kappa shape index (κ3) is 3.85. The van der Waals surface area contributed by atoms with Crippen molar-refractivity contribution in [2.75, 3.05) is 18.1 Å². The van der Waals surface area contributed by atoms with Crippen LogP contribution >= 0.6 is 0 Å². The van der Waals surface area contributed by atoms with E-state index in [2.05, 4.69) is 22.0 Å². The van der Waals surface area contributed by atoms with Gasteiger partial charge >= 0.3 is 0 Å². The molecule has 1 aliphatic heterocycles. The molecular weight excluding hydrogens is 384 g/mol. The van der Waals surface area contributed by atoms with E-state index in [0.29, 0.717) is 35.0 Å². The molecule has 0 amide bonds. The van der Waals surface area contributed by atoms with Crippen LogP contribution in [0.15, 0.2) is 47.0 Å². The number of para-hydroxylation sites is 1. The Morgan fingerprint density at radius 3 is 2.87 bits per heavy atom. The van der Waals surface area contributed by atoms with Crippen molar-refractivity contribution in [2.24, 2.45) is 0 Å². The van der Waals surface area contributed by atoms with Gasteiger partial charge in [0.05, 0.1) is 17.1 Å². The van der Waals surface area contributed by atoms with Crippen LogP contribution in [-0.2, 0) is 0 Å². The van der Waals surface area contributed by atoms with Crippen molar-refractivity contribution in [3.8, 4) is 28.6 Å². The van der Waals surface area contributed by atoms with Gasteiger partial charge < -0.3 is 14.2 Å². The lowest BCUT2D eigenvalue weighted by molar-refractivity contribution is -0.384. The van der Waals surface area contributed by atoms with E-state index >= 15 is 0 Å². The third-order valence-corrected chi connectivity index (χ3v) is 5.39. The number of rotatable bonds is 6. The maximum atomic E-state index is 11.8. The Labute approximate surface area is 174 Å². The molecule has 3 aromatic rings. The van der Waals surface area contributed by atoms with Gasteiger partial charge in [0.1, 0.15) is 11.4 Å². The van der Waals surface area contributed by atoms with Gasteiger partial charge in [0.25, 0.3) is 11.6 Å². The van der Waals surface area contributed by atoms with E-state index in [1.807, 2.05) is 31.2 Å². The van der Waals surface area contributed by atoms with E-state index in [9.17, 15) is 10.1 Å². The minimum atomic E-state index is -0.345. The molecule has 30 heavy (non-hydrogen) atoms. The van der Waals surface area contributed by atoms with Gasteiger partial charge in [-0.1, -0.05) is 17.3 Å². The zero-order valence-electron chi connectivity index (χ0n) is 17.1. The standard InChI is InChI=1S/C22H24N4O4/c1-3-29-20-10-5-4-9-17(20)21-23-22(30-24-21)16-11-12-18(19(14-16)26(27)28)25-13-7-6-8-15(25)2/h4-5,9-12,14-15H,3,6-8,13H2,1-2H3. The zero-order chi connectivity index (χ0) is 21.1. The predicted molar refractivity (Wildman–Crippen MR) is 114 cm³/mol. The van der Waals surface area contributed by atoms with E-state index in [1.54, 1.807) is 12.1 Å². The van der Waals surface area contributed by atoms with Crippen LogP contribution in [0.1, 0.15) is 33.1 Å². The molecule has 2 aromatic carbocycles. The highest BCUT2D eigenvalue weighted by Crippen LogP contribution is 2.36. The van der Waals surface area contributed by atoms with E-state index in [-0.39, 0.29) is 22.5 Å². The smallest absolute Gasteiger partial charge is 0.293 e. The van der Waals surface area contributed by atoms with Crippen molar-refractivity contribution in [3.05, 3.63) is 52.6 Å². The summed E-state index contributed by atoms with van der Waals surface area (Å²) < 4.78 is 11.1. The lowest BCUT2D eigenvalue weighted by atomic mass is 10.0. The van der Waals surface area contributed by atoms with Crippen LogP contribution < -0.4 is 9.64 Å². The maximum absolute atomic E-state index is 11.8. The molecule has 1 aromatic heterocycles. The number of hydrogen-bond donors (Lipinski definition) is 0. The second-order valence-corrected chi connectivity index (χ2v) is 7.35. The lowest BCUT2D eigenvalue weighted by Gasteiger charge is -2.35. The van der Waals surface area contributed by atoms with Gasteiger partial charge in [-0.15, -0.1) is 0 Å². The number of nitrogens with zero attached hydrogens (tertiary/aromatic N) is 4. The van der Waals surface area contributed by atoms with Crippen LogP contribution in [0.2, 0.25) is 0 Å². The van der Waals surface area contributed by atoms with E-state index in [4.69, 9.17) is 9.26 Å². The molecule has 0 spiro atoms. The molecular formula is C22H24N4O4. The summed E-state index contributed by atoms with van der Waals surface area (Å²) in [5, 5.41) is 15.9. The average molecular weight is 408 g/mol. The Hall–Kier alpha value is -3.42. The van der Waals surface area contributed by atoms with E-state index in [0.717, 1.165) is 25.8 Å². The fourth-order valence-corrected chi connectivity index (χ4v) is 3.88. The molecule has 4 rings (SSSR count). The highest BCUT2D eigenvalue weighted by Gasteiger charge is 2.27. The normalized spacial score (nSPS) is 16.5. The van der Waals surface area contributed by atoms with Gasteiger partial charge in [-0.3, -0.25) is 10.1 Å². The summed E-state index contributed by atoms with van der Waals surface area (Å²) >= 11 is 0. The van der Waals surface area contributed by atoms with Crippen LogP contribution in [0.5, 0.6) is 5.75 Å². The Morgan fingerprint density at radius 1 is 1.27 bits per heavy atom. The zero-order valence-corrected chi connectivity index (χ0v) is 17.1. The van der Waals surface area contributed by atoms with Crippen molar-refractivity contribution in [1.82, 2.24) is 10.1 Å².